The van der Waals surface area contributed by atoms with Crippen LogP contribution in [-0.2, 0) is 10.0 Å². The normalized spacial score (nSPS) is 11.4. The first-order valence-corrected chi connectivity index (χ1v) is 8.52. The lowest BCUT2D eigenvalue weighted by atomic mass is 10.3. The van der Waals surface area contributed by atoms with Crippen molar-refractivity contribution in [2.45, 2.75) is 4.90 Å². The van der Waals surface area contributed by atoms with Gasteiger partial charge in [0, 0.05) is 0 Å². The first kappa shape index (κ1) is 15.7. The van der Waals surface area contributed by atoms with Crippen molar-refractivity contribution in [3.63, 3.8) is 0 Å². The van der Waals surface area contributed by atoms with E-state index in [0.29, 0.717) is 11.4 Å². The number of anilines is 1. The Morgan fingerprint density at radius 1 is 1.04 bits per heavy atom. The highest BCUT2D eigenvalue weighted by atomic mass is 35.5. The summed E-state index contributed by atoms with van der Waals surface area (Å²) in [5.74, 6) is 0. The molecule has 1 aromatic heterocycles. The molecule has 3 aromatic rings. The SMILES string of the molecule is O=S(=O)(Nc1ccccc1-n1cnnn1)c1cccc(Cl)c1Cl. The van der Waals surface area contributed by atoms with Gasteiger partial charge in [0.25, 0.3) is 10.0 Å². The molecular weight excluding hydrogens is 361 g/mol. The van der Waals surface area contributed by atoms with E-state index in [0.717, 1.165) is 0 Å². The first-order valence-electron chi connectivity index (χ1n) is 6.28. The largest absolute Gasteiger partial charge is 0.277 e. The van der Waals surface area contributed by atoms with Crippen molar-refractivity contribution >= 4 is 38.9 Å². The van der Waals surface area contributed by atoms with Crippen LogP contribution in [0.4, 0.5) is 5.69 Å². The standard InChI is InChI=1S/C13H9Cl2N5O2S/c14-9-4-3-7-12(13(9)15)23(21,22)17-10-5-1-2-6-11(10)20-8-16-18-19-20/h1-8,17H. The zero-order valence-electron chi connectivity index (χ0n) is 11.4. The number of nitrogens with one attached hydrogen (secondary N) is 1. The number of benzene rings is 2. The fourth-order valence-corrected chi connectivity index (χ4v) is 3.76. The van der Waals surface area contributed by atoms with E-state index in [9.17, 15) is 8.42 Å². The summed E-state index contributed by atoms with van der Waals surface area (Å²) in [6.07, 6.45) is 1.36. The molecule has 1 N–H and O–H groups in total. The number of tetrazole rings is 1. The summed E-state index contributed by atoms with van der Waals surface area (Å²) in [6.45, 7) is 0. The molecule has 118 valence electrons. The predicted octanol–water partition coefficient (Wildman–Crippen LogP) is 2.77. The fourth-order valence-electron chi connectivity index (χ4n) is 1.92. The second-order valence-electron chi connectivity index (χ2n) is 4.43. The number of para-hydroxylation sites is 2. The van der Waals surface area contributed by atoms with Crippen molar-refractivity contribution < 1.29 is 8.42 Å². The number of halogens is 2. The summed E-state index contributed by atoms with van der Waals surface area (Å²) in [5, 5.41) is 10.9. The van der Waals surface area contributed by atoms with Crippen LogP contribution in [0.2, 0.25) is 10.0 Å². The molecule has 0 spiro atoms. The van der Waals surface area contributed by atoms with Gasteiger partial charge in [0.2, 0.25) is 0 Å². The molecule has 0 saturated carbocycles. The molecule has 0 amide bonds. The van der Waals surface area contributed by atoms with E-state index in [1.807, 2.05) is 0 Å². The Hall–Kier alpha value is -2.16. The monoisotopic (exact) mass is 369 g/mol. The van der Waals surface area contributed by atoms with Crippen LogP contribution in [-0.4, -0.2) is 28.6 Å². The lowest BCUT2D eigenvalue weighted by molar-refractivity contribution is 0.601. The maximum atomic E-state index is 12.6. The van der Waals surface area contributed by atoms with Crippen LogP contribution in [0.15, 0.2) is 53.7 Å². The first-order chi connectivity index (χ1) is 11.0. The van der Waals surface area contributed by atoms with Crippen LogP contribution < -0.4 is 4.72 Å². The minimum atomic E-state index is -3.93. The van der Waals surface area contributed by atoms with Gasteiger partial charge in [-0.15, -0.1) is 5.10 Å². The van der Waals surface area contributed by atoms with Gasteiger partial charge in [0.15, 0.2) is 0 Å². The van der Waals surface area contributed by atoms with Gasteiger partial charge in [-0.3, -0.25) is 4.72 Å². The summed E-state index contributed by atoms with van der Waals surface area (Å²) in [4.78, 5) is -0.113. The van der Waals surface area contributed by atoms with Gasteiger partial charge in [-0.1, -0.05) is 41.4 Å². The molecule has 1 heterocycles. The Morgan fingerprint density at radius 3 is 2.57 bits per heavy atom. The molecule has 10 heteroatoms. The van der Waals surface area contributed by atoms with Gasteiger partial charge in [-0.05, 0) is 34.7 Å². The molecule has 0 aliphatic carbocycles. The average molecular weight is 370 g/mol. The van der Waals surface area contributed by atoms with Gasteiger partial charge in [-0.2, -0.15) is 4.68 Å². The molecule has 0 aliphatic heterocycles. The molecule has 3 rings (SSSR count). The summed E-state index contributed by atoms with van der Waals surface area (Å²) >= 11 is 11.9. The van der Waals surface area contributed by atoms with Crippen LogP contribution in [0.25, 0.3) is 5.69 Å². The van der Waals surface area contributed by atoms with Crippen molar-refractivity contribution in [2.24, 2.45) is 0 Å². The van der Waals surface area contributed by atoms with Gasteiger partial charge >= 0.3 is 0 Å². The minimum Gasteiger partial charge on any atom is -0.277 e. The molecule has 0 atom stereocenters. The smallest absolute Gasteiger partial charge is 0.263 e. The Balaban J connectivity index is 2.04. The van der Waals surface area contributed by atoms with Crippen molar-refractivity contribution in [3.05, 3.63) is 58.8 Å². The third-order valence-electron chi connectivity index (χ3n) is 2.95. The van der Waals surface area contributed by atoms with E-state index in [4.69, 9.17) is 23.2 Å². The van der Waals surface area contributed by atoms with Crippen LogP contribution in [0.5, 0.6) is 0 Å². The van der Waals surface area contributed by atoms with Crippen molar-refractivity contribution in [2.75, 3.05) is 4.72 Å². The van der Waals surface area contributed by atoms with Gasteiger partial charge < -0.3 is 0 Å². The van der Waals surface area contributed by atoms with Crippen LogP contribution in [0.3, 0.4) is 0 Å². The lowest BCUT2D eigenvalue weighted by Gasteiger charge is -2.13. The van der Waals surface area contributed by atoms with Crippen molar-refractivity contribution in [1.82, 2.24) is 20.2 Å². The van der Waals surface area contributed by atoms with Gasteiger partial charge in [-0.25, -0.2) is 8.42 Å². The topological polar surface area (TPSA) is 89.8 Å². The van der Waals surface area contributed by atoms with Crippen molar-refractivity contribution in [1.29, 1.82) is 0 Å². The van der Waals surface area contributed by atoms with Gasteiger partial charge in [0.1, 0.15) is 11.2 Å². The summed E-state index contributed by atoms with van der Waals surface area (Å²) in [5.41, 5.74) is 0.773. The summed E-state index contributed by atoms with van der Waals surface area (Å²) < 4.78 is 29.0. The highest BCUT2D eigenvalue weighted by molar-refractivity contribution is 7.92. The predicted molar refractivity (Wildman–Crippen MR) is 86.4 cm³/mol. The summed E-state index contributed by atoms with van der Waals surface area (Å²) in [6, 6.07) is 11.1. The highest BCUT2D eigenvalue weighted by Gasteiger charge is 2.21. The third-order valence-corrected chi connectivity index (χ3v) is 5.29. The Morgan fingerprint density at radius 2 is 1.83 bits per heavy atom. The Kier molecular flexibility index (Phi) is 4.20. The molecule has 0 saturated heterocycles. The van der Waals surface area contributed by atoms with E-state index < -0.39 is 10.0 Å². The number of aromatic nitrogens is 4. The molecule has 0 fully saturated rings. The second kappa shape index (κ2) is 6.15. The van der Waals surface area contributed by atoms with E-state index in [1.54, 1.807) is 24.3 Å². The van der Waals surface area contributed by atoms with Crippen LogP contribution in [0, 0.1) is 0 Å². The number of rotatable bonds is 4. The number of hydrogen-bond donors (Lipinski definition) is 1. The molecule has 0 unspecified atom stereocenters. The number of hydrogen-bond acceptors (Lipinski definition) is 5. The average Bonchev–Trinajstić information content (AvgIpc) is 3.04. The zero-order chi connectivity index (χ0) is 16.4. The van der Waals surface area contributed by atoms with Crippen LogP contribution >= 0.6 is 23.2 Å². The molecule has 0 bridgehead atoms. The lowest BCUT2D eigenvalue weighted by Crippen LogP contribution is -2.15. The molecule has 23 heavy (non-hydrogen) atoms. The van der Waals surface area contributed by atoms with Crippen LogP contribution in [0.1, 0.15) is 0 Å². The van der Waals surface area contributed by atoms with Crippen molar-refractivity contribution in [3.8, 4) is 5.69 Å². The Bertz CT molecular complexity index is 945. The maximum absolute atomic E-state index is 12.6. The maximum Gasteiger partial charge on any atom is 0.263 e. The van der Waals surface area contributed by atoms with Gasteiger partial charge in [0.05, 0.1) is 21.4 Å². The number of nitrogens with zero attached hydrogens (tertiary/aromatic N) is 4. The third kappa shape index (κ3) is 3.14. The Labute approximate surface area is 141 Å². The minimum absolute atomic E-state index is 0.0402. The molecule has 2 aromatic carbocycles. The molecule has 0 radical (unpaired) electrons. The summed E-state index contributed by atoms with van der Waals surface area (Å²) in [7, 11) is -3.93. The quantitative estimate of drug-likeness (QED) is 0.763. The molecule has 0 aliphatic rings. The van der Waals surface area contributed by atoms with E-state index in [1.165, 1.54) is 29.2 Å². The molecule has 7 nitrogen and oxygen atoms in total. The molecular formula is C13H9Cl2N5O2S. The fraction of sp³-hybridized carbons (Fsp3) is 0. The second-order valence-corrected chi connectivity index (χ2v) is 6.86. The zero-order valence-corrected chi connectivity index (χ0v) is 13.7. The van der Waals surface area contributed by atoms with E-state index >= 15 is 0 Å². The highest BCUT2D eigenvalue weighted by Crippen LogP contribution is 2.31. The van der Waals surface area contributed by atoms with E-state index in [-0.39, 0.29) is 14.9 Å². The van der Waals surface area contributed by atoms with E-state index in [2.05, 4.69) is 20.2 Å². The number of sulfonamides is 1.